The van der Waals surface area contributed by atoms with Gasteiger partial charge in [0.15, 0.2) is 23.8 Å². The first-order chi connectivity index (χ1) is 24.7. The number of aromatic nitrogens is 4. The predicted octanol–water partition coefficient (Wildman–Crippen LogP) is 1.17. The minimum absolute atomic E-state index is 0.111. The number of anilines is 2. The van der Waals surface area contributed by atoms with Gasteiger partial charge in [-0.2, -0.15) is 9.97 Å². The zero-order valence-electron chi connectivity index (χ0n) is 27.9. The van der Waals surface area contributed by atoms with Gasteiger partial charge in [0.25, 0.3) is 5.91 Å². The van der Waals surface area contributed by atoms with Gasteiger partial charge in [0.2, 0.25) is 17.8 Å². The Morgan fingerprint density at radius 1 is 0.922 bits per heavy atom. The maximum atomic E-state index is 12.3. The van der Waals surface area contributed by atoms with Gasteiger partial charge >= 0.3 is 0 Å². The Morgan fingerprint density at radius 2 is 1.59 bits per heavy atom. The van der Waals surface area contributed by atoms with E-state index in [1.54, 1.807) is 31.2 Å². The number of nitrogens with two attached hydrogens (primary N) is 1. The molecule has 18 heteroatoms. The van der Waals surface area contributed by atoms with Gasteiger partial charge in [-0.1, -0.05) is 53.6 Å². The SMILES string of the molecule is CCNC(=O)[C@H]1O[C@@H](n2cnc3c(N)nc(NCCc4ccc(CCC(=O)NCCNC(=O)Cc5ccc(N=[N+]=[N-])cc5)cc4)nc32)[C@H](O)[C@@H]1O. The van der Waals surface area contributed by atoms with Crippen LogP contribution in [0.2, 0.25) is 0 Å². The minimum Gasteiger partial charge on any atom is -0.387 e. The van der Waals surface area contributed by atoms with Crippen LogP contribution in [-0.2, 0) is 38.4 Å². The molecule has 8 N–H and O–H groups in total. The highest BCUT2D eigenvalue weighted by atomic mass is 16.6. The zero-order valence-corrected chi connectivity index (χ0v) is 27.9. The minimum atomic E-state index is -1.44. The molecule has 1 aliphatic rings. The molecule has 0 aliphatic carbocycles. The molecule has 1 fully saturated rings. The smallest absolute Gasteiger partial charge is 0.252 e. The molecule has 1 aliphatic heterocycles. The van der Waals surface area contributed by atoms with Crippen molar-refractivity contribution in [2.24, 2.45) is 5.11 Å². The summed E-state index contributed by atoms with van der Waals surface area (Å²) in [6.07, 6.45) is -2.18. The quantitative estimate of drug-likeness (QED) is 0.0377. The van der Waals surface area contributed by atoms with Crippen LogP contribution < -0.4 is 27.0 Å². The number of ether oxygens (including phenoxy) is 1. The number of nitrogen functional groups attached to an aromatic ring is 1. The fourth-order valence-electron chi connectivity index (χ4n) is 5.51. The van der Waals surface area contributed by atoms with E-state index in [1.807, 2.05) is 24.3 Å². The fourth-order valence-corrected chi connectivity index (χ4v) is 5.51. The summed E-state index contributed by atoms with van der Waals surface area (Å²) in [5.41, 5.74) is 18.5. The summed E-state index contributed by atoms with van der Waals surface area (Å²) < 4.78 is 7.13. The van der Waals surface area contributed by atoms with Crippen LogP contribution >= 0.6 is 0 Å². The Hall–Kier alpha value is -5.81. The first-order valence-corrected chi connectivity index (χ1v) is 16.4. The lowest BCUT2D eigenvalue weighted by Crippen LogP contribution is -2.42. The van der Waals surface area contributed by atoms with Crippen molar-refractivity contribution in [2.75, 3.05) is 37.2 Å². The largest absolute Gasteiger partial charge is 0.387 e. The van der Waals surface area contributed by atoms with Crippen LogP contribution in [0.15, 0.2) is 60.0 Å². The summed E-state index contributed by atoms with van der Waals surface area (Å²) in [5.74, 6) is -0.482. The summed E-state index contributed by atoms with van der Waals surface area (Å²) in [5, 5.41) is 35.9. The number of nitrogens with zero attached hydrogens (tertiary/aromatic N) is 7. The number of hydrogen-bond acceptors (Lipinski definition) is 12. The average Bonchev–Trinajstić information content (AvgIpc) is 3.67. The van der Waals surface area contributed by atoms with E-state index in [0.717, 1.165) is 16.7 Å². The lowest BCUT2D eigenvalue weighted by Gasteiger charge is -2.16. The third-order valence-corrected chi connectivity index (χ3v) is 8.16. The number of hydrogen-bond donors (Lipinski definition) is 7. The van der Waals surface area contributed by atoms with Crippen LogP contribution in [0.5, 0.6) is 0 Å². The second kappa shape index (κ2) is 17.2. The molecule has 1 saturated heterocycles. The Labute approximate surface area is 292 Å². The van der Waals surface area contributed by atoms with E-state index in [4.69, 9.17) is 16.0 Å². The number of benzene rings is 2. The van der Waals surface area contributed by atoms with E-state index in [0.29, 0.717) is 51.1 Å². The molecular formula is C33H40N12O6. The molecule has 0 radical (unpaired) electrons. The Morgan fingerprint density at radius 3 is 2.27 bits per heavy atom. The number of amides is 3. The number of imidazole rings is 1. The van der Waals surface area contributed by atoms with E-state index in [9.17, 15) is 24.6 Å². The van der Waals surface area contributed by atoms with Crippen molar-refractivity contribution in [1.82, 2.24) is 35.5 Å². The molecule has 2 aromatic carbocycles. The van der Waals surface area contributed by atoms with E-state index in [2.05, 4.69) is 46.2 Å². The highest BCUT2D eigenvalue weighted by Gasteiger charge is 2.47. The predicted molar refractivity (Wildman–Crippen MR) is 186 cm³/mol. The first kappa shape index (κ1) is 36.5. The van der Waals surface area contributed by atoms with Gasteiger partial charge in [0.05, 0.1) is 12.7 Å². The van der Waals surface area contributed by atoms with E-state index >= 15 is 0 Å². The second-order valence-corrected chi connectivity index (χ2v) is 11.8. The molecule has 51 heavy (non-hydrogen) atoms. The third-order valence-electron chi connectivity index (χ3n) is 8.16. The number of likely N-dealkylation sites (N-methyl/N-ethyl adjacent to an activating group) is 1. The van der Waals surface area contributed by atoms with Crippen LogP contribution in [-0.4, -0.2) is 91.9 Å². The van der Waals surface area contributed by atoms with E-state index in [1.165, 1.54) is 10.9 Å². The van der Waals surface area contributed by atoms with Crippen LogP contribution in [0.1, 0.15) is 36.3 Å². The van der Waals surface area contributed by atoms with E-state index < -0.39 is 30.4 Å². The number of aryl methyl sites for hydroxylation is 1. The standard InChI is InChI=1S/C33H40N12O6/c1-2-36-31(50)28-26(48)27(49)32(51-28)45-18-40-25-29(34)41-33(42-30(25)45)39-14-13-20-5-3-19(4-6-20)9-12-23(46)37-15-16-38-24(47)17-21-7-10-22(11-8-21)43-44-35/h3-8,10-11,18,26-28,32,48-49H,2,9,12-17H2,1H3,(H,36,50)(H,37,46)(H,38,47)(H3,34,39,41,42)/t26-,27+,28-,32+/m0/s1. The summed E-state index contributed by atoms with van der Waals surface area (Å²) in [4.78, 5) is 52.5. The Kier molecular flexibility index (Phi) is 12.3. The number of rotatable bonds is 16. The molecule has 0 saturated carbocycles. The molecule has 2 aromatic heterocycles. The molecule has 18 nitrogen and oxygen atoms in total. The van der Waals surface area contributed by atoms with E-state index in [-0.39, 0.29) is 41.2 Å². The van der Waals surface area contributed by atoms with Crippen LogP contribution in [0.25, 0.3) is 21.6 Å². The lowest BCUT2D eigenvalue weighted by atomic mass is 10.1. The molecule has 0 bridgehead atoms. The summed E-state index contributed by atoms with van der Waals surface area (Å²) in [7, 11) is 0. The van der Waals surface area contributed by atoms with Crippen molar-refractivity contribution in [3.05, 3.63) is 82.0 Å². The number of azide groups is 1. The fraction of sp³-hybridized carbons (Fsp3) is 0.394. The van der Waals surface area contributed by atoms with Gasteiger partial charge in [-0.05, 0) is 42.0 Å². The second-order valence-electron chi connectivity index (χ2n) is 11.8. The van der Waals surface area contributed by atoms with Crippen molar-refractivity contribution in [2.45, 2.75) is 57.1 Å². The molecular weight excluding hydrogens is 660 g/mol. The average molecular weight is 701 g/mol. The highest BCUT2D eigenvalue weighted by molar-refractivity contribution is 5.84. The van der Waals surface area contributed by atoms with Gasteiger partial charge in [0.1, 0.15) is 17.7 Å². The molecule has 3 heterocycles. The maximum absolute atomic E-state index is 12.3. The molecule has 4 atom stereocenters. The van der Waals surface area contributed by atoms with Crippen LogP contribution in [0.4, 0.5) is 17.5 Å². The van der Waals surface area contributed by atoms with Crippen LogP contribution in [0.3, 0.4) is 0 Å². The topological polar surface area (TPSA) is 267 Å². The number of fused-ring (bicyclic) bond motifs is 1. The molecule has 4 aromatic rings. The van der Waals surface area contributed by atoms with Crippen molar-refractivity contribution < 1.29 is 29.3 Å². The van der Waals surface area contributed by atoms with Gasteiger partial charge < -0.3 is 42.0 Å². The maximum Gasteiger partial charge on any atom is 0.252 e. The Balaban J connectivity index is 1.03. The summed E-state index contributed by atoms with van der Waals surface area (Å²) in [6.45, 7) is 3.17. The number of carbonyl (C=O) groups excluding carboxylic acids is 3. The van der Waals surface area contributed by atoms with Gasteiger partial charge in [0, 0.05) is 43.2 Å². The van der Waals surface area contributed by atoms with Gasteiger partial charge in [-0.3, -0.25) is 19.0 Å². The monoisotopic (exact) mass is 700 g/mol. The van der Waals surface area contributed by atoms with Crippen molar-refractivity contribution in [3.63, 3.8) is 0 Å². The molecule has 0 spiro atoms. The van der Waals surface area contributed by atoms with Crippen molar-refractivity contribution in [3.8, 4) is 0 Å². The third kappa shape index (κ3) is 9.46. The van der Waals surface area contributed by atoms with Crippen LogP contribution in [0, 0.1) is 0 Å². The normalized spacial score (nSPS) is 18.2. The van der Waals surface area contributed by atoms with Crippen molar-refractivity contribution >= 4 is 46.3 Å². The summed E-state index contributed by atoms with van der Waals surface area (Å²) in [6, 6.07) is 14.6. The highest BCUT2D eigenvalue weighted by Crippen LogP contribution is 2.32. The number of nitrogens with one attached hydrogen (secondary N) is 4. The lowest BCUT2D eigenvalue weighted by molar-refractivity contribution is -0.137. The molecule has 0 unspecified atom stereocenters. The molecule has 3 amide bonds. The number of aliphatic hydroxyl groups is 2. The summed E-state index contributed by atoms with van der Waals surface area (Å²) >= 11 is 0. The van der Waals surface area contributed by atoms with Gasteiger partial charge in [-0.25, -0.2) is 4.98 Å². The van der Waals surface area contributed by atoms with Gasteiger partial charge in [-0.15, -0.1) is 0 Å². The molecule has 268 valence electrons. The number of carbonyl (C=O) groups is 3. The Bertz CT molecular complexity index is 1880. The zero-order chi connectivity index (χ0) is 36.3. The number of aliphatic hydroxyl groups excluding tert-OH is 2. The van der Waals surface area contributed by atoms with Crippen molar-refractivity contribution in [1.29, 1.82) is 0 Å². The first-order valence-electron chi connectivity index (χ1n) is 16.4. The molecule has 5 rings (SSSR count).